The maximum Gasteiger partial charge on any atom is 0.434 e. The van der Waals surface area contributed by atoms with Crippen molar-refractivity contribution in [2.24, 2.45) is 7.05 Å². The molecule has 0 radical (unpaired) electrons. The first kappa shape index (κ1) is 18.7. The maximum absolute atomic E-state index is 12.8. The Balaban J connectivity index is 1.75. The molecule has 0 unspecified atom stereocenters. The molecule has 3 aromatic rings. The van der Waals surface area contributed by atoms with Gasteiger partial charge in [-0.15, -0.1) is 11.8 Å². The molecule has 9 heteroatoms. The second-order valence-electron chi connectivity index (χ2n) is 5.67. The van der Waals surface area contributed by atoms with Crippen LogP contribution in [-0.2, 0) is 19.0 Å². The summed E-state index contributed by atoms with van der Waals surface area (Å²) >= 11 is 7.33. The highest BCUT2D eigenvalue weighted by atomic mass is 35.5. The number of benzene rings is 1. The number of aromatic nitrogens is 4. The summed E-state index contributed by atoms with van der Waals surface area (Å²) < 4.78 is 39.7. The van der Waals surface area contributed by atoms with E-state index in [1.807, 2.05) is 19.1 Å². The molecule has 136 valence electrons. The Morgan fingerprint density at radius 3 is 2.46 bits per heavy atom. The molecule has 0 aliphatic heterocycles. The van der Waals surface area contributed by atoms with Gasteiger partial charge in [-0.3, -0.25) is 0 Å². The highest BCUT2D eigenvalue weighted by Crippen LogP contribution is 2.31. The van der Waals surface area contributed by atoms with Crippen LogP contribution >= 0.6 is 23.4 Å². The zero-order valence-corrected chi connectivity index (χ0v) is 15.5. The molecule has 0 amide bonds. The van der Waals surface area contributed by atoms with E-state index in [2.05, 4.69) is 15.0 Å². The summed E-state index contributed by atoms with van der Waals surface area (Å²) in [4.78, 5) is 11.8. The van der Waals surface area contributed by atoms with Gasteiger partial charge in [0.25, 0.3) is 0 Å². The molecule has 1 aromatic carbocycles. The number of imidazole rings is 1. The van der Waals surface area contributed by atoms with Gasteiger partial charge in [-0.1, -0.05) is 24.3 Å². The van der Waals surface area contributed by atoms with Crippen LogP contribution in [0.2, 0.25) is 5.28 Å². The summed E-state index contributed by atoms with van der Waals surface area (Å²) in [6, 6.07) is 7.25. The van der Waals surface area contributed by atoms with Crippen molar-refractivity contribution in [3.8, 4) is 11.4 Å². The van der Waals surface area contributed by atoms with Gasteiger partial charge >= 0.3 is 6.18 Å². The molecule has 0 saturated heterocycles. The molecule has 3 rings (SSSR count). The summed E-state index contributed by atoms with van der Waals surface area (Å²) in [5.41, 5.74) is 1.67. The quantitative estimate of drug-likeness (QED) is 0.346. The Bertz CT molecular complexity index is 923. The van der Waals surface area contributed by atoms with Crippen molar-refractivity contribution < 1.29 is 13.2 Å². The van der Waals surface area contributed by atoms with Crippen molar-refractivity contribution in [1.82, 2.24) is 19.5 Å². The highest BCUT2D eigenvalue weighted by molar-refractivity contribution is 7.98. The van der Waals surface area contributed by atoms with Crippen LogP contribution in [0.25, 0.3) is 11.4 Å². The number of hydrogen-bond donors (Lipinski definition) is 0. The Hall–Kier alpha value is -2.06. The van der Waals surface area contributed by atoms with E-state index in [-0.39, 0.29) is 11.1 Å². The Kier molecular flexibility index (Phi) is 5.24. The van der Waals surface area contributed by atoms with Crippen LogP contribution in [-0.4, -0.2) is 19.5 Å². The summed E-state index contributed by atoms with van der Waals surface area (Å²) in [5, 5.41) is 0.997. The van der Waals surface area contributed by atoms with Gasteiger partial charge in [0.1, 0.15) is 10.9 Å². The molecule has 0 saturated carbocycles. The Morgan fingerprint density at radius 1 is 1.15 bits per heavy atom. The second kappa shape index (κ2) is 7.28. The van der Waals surface area contributed by atoms with Crippen LogP contribution in [0.3, 0.4) is 0 Å². The first-order valence-corrected chi connectivity index (χ1v) is 8.92. The lowest BCUT2D eigenvalue weighted by atomic mass is 10.1. The third-order valence-corrected chi connectivity index (χ3v) is 5.00. The molecular weight excluding hydrogens is 385 g/mol. The minimum Gasteiger partial charge on any atom is -0.333 e. The zero-order chi connectivity index (χ0) is 18.9. The van der Waals surface area contributed by atoms with Gasteiger partial charge in [0.2, 0.25) is 5.28 Å². The van der Waals surface area contributed by atoms with Crippen LogP contribution in [0.15, 0.2) is 41.7 Å². The minimum atomic E-state index is -4.46. The van der Waals surface area contributed by atoms with Gasteiger partial charge in [0.15, 0.2) is 5.69 Å². The fraction of sp³-hybridized carbons (Fsp3) is 0.235. The molecule has 0 bridgehead atoms. The van der Waals surface area contributed by atoms with E-state index < -0.39 is 11.9 Å². The van der Waals surface area contributed by atoms with Gasteiger partial charge in [-0.25, -0.2) is 15.0 Å². The maximum atomic E-state index is 12.8. The van der Waals surface area contributed by atoms with Crippen LogP contribution in [0.4, 0.5) is 13.2 Å². The first-order valence-electron chi connectivity index (χ1n) is 7.56. The Morgan fingerprint density at radius 2 is 1.85 bits per heavy atom. The number of alkyl halides is 3. The van der Waals surface area contributed by atoms with E-state index in [1.165, 1.54) is 16.3 Å². The summed E-state index contributed by atoms with van der Waals surface area (Å²) in [6.45, 7) is 1.90. The van der Waals surface area contributed by atoms with Crippen molar-refractivity contribution >= 4 is 23.4 Å². The molecule has 0 aliphatic carbocycles. The van der Waals surface area contributed by atoms with E-state index >= 15 is 0 Å². The molecule has 0 atom stereocenters. The van der Waals surface area contributed by atoms with Crippen molar-refractivity contribution in [3.05, 3.63) is 58.8 Å². The molecular formula is C17H14ClF3N4S. The Labute approximate surface area is 157 Å². The smallest absolute Gasteiger partial charge is 0.333 e. The van der Waals surface area contributed by atoms with Crippen LogP contribution in [0, 0.1) is 6.92 Å². The van der Waals surface area contributed by atoms with Crippen LogP contribution in [0.1, 0.15) is 16.8 Å². The van der Waals surface area contributed by atoms with Crippen molar-refractivity contribution in [2.75, 3.05) is 0 Å². The fourth-order valence-corrected chi connectivity index (χ4v) is 3.44. The molecule has 0 fully saturated rings. The number of halogens is 4. The molecule has 2 aromatic heterocycles. The number of hydrogen-bond acceptors (Lipinski definition) is 4. The SMILES string of the molecule is Cc1cnc(Cl)nc1SCc1ccc(-c2nc(C(F)(F)F)cn2C)cc1. The van der Waals surface area contributed by atoms with Gasteiger partial charge in [0, 0.05) is 30.8 Å². The van der Waals surface area contributed by atoms with Gasteiger partial charge in [-0.05, 0) is 29.7 Å². The largest absolute Gasteiger partial charge is 0.434 e. The fourth-order valence-electron chi connectivity index (χ4n) is 2.33. The molecule has 0 aliphatic rings. The average Bonchev–Trinajstić information content (AvgIpc) is 2.98. The molecule has 26 heavy (non-hydrogen) atoms. The van der Waals surface area contributed by atoms with Crippen molar-refractivity contribution in [3.63, 3.8) is 0 Å². The van der Waals surface area contributed by atoms with E-state index in [4.69, 9.17) is 11.6 Å². The average molecular weight is 399 g/mol. The zero-order valence-electron chi connectivity index (χ0n) is 13.9. The van der Waals surface area contributed by atoms with E-state index in [0.29, 0.717) is 11.3 Å². The molecule has 0 spiro atoms. The van der Waals surface area contributed by atoms with E-state index in [1.54, 1.807) is 25.4 Å². The third kappa shape index (κ3) is 4.19. The standard InChI is InChI=1S/C17H14ClF3N4S/c1-10-7-22-16(18)24-15(10)26-9-11-3-5-12(6-4-11)14-23-13(8-25(14)2)17(19,20)21/h3-8H,9H2,1-2H3. The first-order chi connectivity index (χ1) is 12.2. The number of rotatable bonds is 4. The molecule has 2 heterocycles. The summed E-state index contributed by atoms with van der Waals surface area (Å²) in [7, 11) is 1.54. The number of thioether (sulfide) groups is 1. The van der Waals surface area contributed by atoms with Crippen molar-refractivity contribution in [2.45, 2.75) is 23.9 Å². The summed E-state index contributed by atoms with van der Waals surface area (Å²) in [5.74, 6) is 0.929. The van der Waals surface area contributed by atoms with E-state index in [9.17, 15) is 13.2 Å². The monoisotopic (exact) mass is 398 g/mol. The second-order valence-corrected chi connectivity index (χ2v) is 6.97. The predicted octanol–water partition coefficient (Wildman–Crippen LogP) is 5.15. The number of nitrogens with zero attached hydrogens (tertiary/aromatic N) is 4. The minimum absolute atomic E-state index is 0.198. The predicted molar refractivity (Wildman–Crippen MR) is 95.0 cm³/mol. The number of aryl methyl sites for hydroxylation is 2. The van der Waals surface area contributed by atoms with Crippen molar-refractivity contribution in [1.29, 1.82) is 0 Å². The van der Waals surface area contributed by atoms with Gasteiger partial charge in [0.05, 0.1) is 0 Å². The highest BCUT2D eigenvalue weighted by Gasteiger charge is 2.34. The van der Waals surface area contributed by atoms with Gasteiger partial charge < -0.3 is 4.57 Å². The lowest BCUT2D eigenvalue weighted by molar-refractivity contribution is -0.140. The van der Waals surface area contributed by atoms with E-state index in [0.717, 1.165) is 22.3 Å². The molecule has 0 N–H and O–H groups in total. The van der Waals surface area contributed by atoms with Crippen LogP contribution in [0.5, 0.6) is 0 Å². The van der Waals surface area contributed by atoms with Crippen LogP contribution < -0.4 is 0 Å². The topological polar surface area (TPSA) is 43.6 Å². The van der Waals surface area contributed by atoms with Gasteiger partial charge in [-0.2, -0.15) is 13.2 Å². The third-order valence-electron chi connectivity index (χ3n) is 3.65. The molecule has 4 nitrogen and oxygen atoms in total. The lowest BCUT2D eigenvalue weighted by Crippen LogP contribution is -2.04. The summed E-state index contributed by atoms with van der Waals surface area (Å²) in [6.07, 6.45) is -1.80. The normalized spacial score (nSPS) is 11.8. The lowest BCUT2D eigenvalue weighted by Gasteiger charge is -2.06.